The Balaban J connectivity index is 1.44. The first-order chi connectivity index (χ1) is 16.6. The molecule has 0 N–H and O–H groups in total. The Hall–Kier alpha value is -1.39. The molecule has 2 aliphatic rings. The molecule has 190 valence electrons. The van der Waals surface area contributed by atoms with Crippen LogP contribution in [0.5, 0.6) is 0 Å². The highest BCUT2D eigenvalue weighted by atomic mass is 28.3. The minimum atomic E-state index is -1.84. The van der Waals surface area contributed by atoms with E-state index in [1.54, 1.807) is 0 Å². The predicted molar refractivity (Wildman–Crippen MR) is 161 cm³/mol. The van der Waals surface area contributed by atoms with Crippen LogP contribution in [0.2, 0.25) is 36.8 Å². The van der Waals surface area contributed by atoms with E-state index in [1.165, 1.54) is 47.7 Å². The van der Waals surface area contributed by atoms with E-state index in [4.69, 9.17) is 6.58 Å². The van der Waals surface area contributed by atoms with Crippen molar-refractivity contribution in [2.24, 2.45) is 29.6 Å². The highest BCUT2D eigenvalue weighted by Gasteiger charge is 2.52. The maximum Gasteiger partial charge on any atom is 0.119 e. The van der Waals surface area contributed by atoms with Crippen LogP contribution in [-0.2, 0) is 0 Å². The highest BCUT2D eigenvalue weighted by Crippen LogP contribution is 2.59. The van der Waals surface area contributed by atoms with Gasteiger partial charge in [0.25, 0.3) is 0 Å². The second-order valence-corrected chi connectivity index (χ2v) is 22.7. The summed E-state index contributed by atoms with van der Waals surface area (Å²) in [5, 5.41) is 3.08. The maximum atomic E-state index is 4.71. The smallest absolute Gasteiger partial charge is 0.100 e. The van der Waals surface area contributed by atoms with Crippen molar-refractivity contribution in [3.63, 3.8) is 0 Å². The van der Waals surface area contributed by atoms with E-state index < -0.39 is 16.1 Å². The van der Waals surface area contributed by atoms with E-state index in [0.29, 0.717) is 0 Å². The lowest BCUT2D eigenvalue weighted by atomic mass is 9.92. The molecule has 2 aromatic rings. The van der Waals surface area contributed by atoms with Gasteiger partial charge in [0.05, 0.1) is 8.07 Å². The lowest BCUT2D eigenvalue weighted by Crippen LogP contribution is -2.55. The van der Waals surface area contributed by atoms with E-state index in [1.807, 2.05) is 0 Å². The Labute approximate surface area is 218 Å². The maximum absolute atomic E-state index is 4.71. The molecule has 0 saturated heterocycles. The second-order valence-electron chi connectivity index (χ2n) is 13.4. The number of allylic oxidation sites excluding steroid dienone is 1. The Morgan fingerprint density at radius 1 is 0.743 bits per heavy atom. The molecule has 0 nitrogen and oxygen atoms in total. The molecule has 0 spiro atoms. The van der Waals surface area contributed by atoms with Gasteiger partial charge in [0.15, 0.2) is 0 Å². The lowest BCUT2D eigenvalue weighted by molar-refractivity contribution is 0.352. The van der Waals surface area contributed by atoms with Crippen molar-refractivity contribution < 1.29 is 0 Å². The Kier molecular flexibility index (Phi) is 8.03. The van der Waals surface area contributed by atoms with Gasteiger partial charge in [0, 0.05) is 0 Å². The molecule has 0 bridgehead atoms. The third kappa shape index (κ3) is 5.21. The van der Waals surface area contributed by atoms with Gasteiger partial charge < -0.3 is 0 Å². The number of hydrogen-bond acceptors (Lipinski definition) is 0. The zero-order valence-electron chi connectivity index (χ0n) is 23.6. The molecule has 35 heavy (non-hydrogen) atoms. The predicted octanol–water partition coefficient (Wildman–Crippen LogP) is 8.63. The topological polar surface area (TPSA) is 0 Å². The van der Waals surface area contributed by atoms with Crippen LogP contribution in [0.15, 0.2) is 72.8 Å². The average molecular weight is 503 g/mol. The molecule has 6 atom stereocenters. The number of rotatable bonds is 8. The summed E-state index contributed by atoms with van der Waals surface area (Å²) >= 11 is 0. The molecule has 0 aliphatic heterocycles. The first-order valence-corrected chi connectivity index (χ1v) is 20.2. The minimum Gasteiger partial charge on any atom is -0.100 e. The molecule has 2 aromatic carbocycles. The SMILES string of the molecule is C=C(CC1CCC([Si](C)(C)C2C(C)C(C)C(C)C2C)C1)C[Si](C)(c1ccccc1)c1ccccc1. The van der Waals surface area contributed by atoms with Crippen LogP contribution < -0.4 is 10.4 Å². The van der Waals surface area contributed by atoms with Crippen LogP contribution in [-0.4, -0.2) is 16.1 Å². The fourth-order valence-corrected chi connectivity index (χ4v) is 18.1. The number of hydrogen-bond donors (Lipinski definition) is 0. The van der Waals surface area contributed by atoms with Crippen molar-refractivity contribution in [1.29, 1.82) is 0 Å². The van der Waals surface area contributed by atoms with Crippen molar-refractivity contribution in [2.45, 2.75) is 90.1 Å². The minimum absolute atomic E-state index is 0.853. The van der Waals surface area contributed by atoms with Crippen molar-refractivity contribution in [2.75, 3.05) is 0 Å². The van der Waals surface area contributed by atoms with Crippen LogP contribution >= 0.6 is 0 Å². The first-order valence-electron chi connectivity index (χ1n) is 14.3. The van der Waals surface area contributed by atoms with E-state index in [-0.39, 0.29) is 0 Å². The molecule has 0 heterocycles. The van der Waals surface area contributed by atoms with E-state index >= 15 is 0 Å². The van der Waals surface area contributed by atoms with E-state index in [0.717, 1.165) is 40.7 Å². The van der Waals surface area contributed by atoms with Crippen LogP contribution in [0.4, 0.5) is 0 Å². The van der Waals surface area contributed by atoms with E-state index in [9.17, 15) is 0 Å². The van der Waals surface area contributed by atoms with Crippen LogP contribution in [0.25, 0.3) is 0 Å². The fourth-order valence-electron chi connectivity index (χ4n) is 8.62. The Morgan fingerprint density at radius 3 is 1.71 bits per heavy atom. The molecule has 0 radical (unpaired) electrons. The largest absolute Gasteiger partial charge is 0.119 e. The normalized spacial score (nSPS) is 31.6. The Bertz CT molecular complexity index is 925. The molecule has 2 saturated carbocycles. The van der Waals surface area contributed by atoms with Gasteiger partial charge in [-0.25, -0.2) is 0 Å². The average Bonchev–Trinajstić information content (AvgIpc) is 3.39. The van der Waals surface area contributed by atoms with Gasteiger partial charge in [-0.15, -0.1) is 6.58 Å². The molecule has 0 amide bonds. The number of benzene rings is 2. The third-order valence-electron chi connectivity index (χ3n) is 11.1. The van der Waals surface area contributed by atoms with Gasteiger partial charge in [0.1, 0.15) is 8.07 Å². The zero-order chi connectivity index (χ0) is 25.4. The molecular weight excluding hydrogens is 453 g/mol. The van der Waals surface area contributed by atoms with Crippen molar-refractivity contribution in [3.05, 3.63) is 72.8 Å². The summed E-state index contributed by atoms with van der Waals surface area (Å²) in [6.45, 7) is 23.0. The van der Waals surface area contributed by atoms with Crippen molar-refractivity contribution in [3.8, 4) is 0 Å². The molecular formula is C33H50Si2. The van der Waals surface area contributed by atoms with Gasteiger partial charge in [0.2, 0.25) is 0 Å². The fraction of sp³-hybridized carbons (Fsp3) is 0.576. The molecule has 6 unspecified atom stereocenters. The summed E-state index contributed by atoms with van der Waals surface area (Å²) in [7, 11) is -3.15. The van der Waals surface area contributed by atoms with E-state index in [2.05, 4.69) is 108 Å². The molecule has 2 heteroatoms. The molecule has 2 aliphatic carbocycles. The summed E-state index contributed by atoms with van der Waals surface area (Å²) in [6, 6.07) is 23.8. The van der Waals surface area contributed by atoms with Crippen LogP contribution in [0.3, 0.4) is 0 Å². The first kappa shape index (κ1) is 26.7. The lowest BCUT2D eigenvalue weighted by Gasteiger charge is -2.41. The highest BCUT2D eigenvalue weighted by molar-refractivity contribution is 7.01. The molecule has 4 rings (SSSR count). The zero-order valence-corrected chi connectivity index (χ0v) is 25.6. The monoisotopic (exact) mass is 502 g/mol. The van der Waals surface area contributed by atoms with Gasteiger partial charge in [-0.05, 0) is 59.6 Å². The van der Waals surface area contributed by atoms with Gasteiger partial charge in [-0.3, -0.25) is 0 Å². The Morgan fingerprint density at radius 2 is 1.23 bits per heavy atom. The summed E-state index contributed by atoms with van der Waals surface area (Å²) < 4.78 is 0. The van der Waals surface area contributed by atoms with Gasteiger partial charge in [-0.1, -0.05) is 137 Å². The summed E-state index contributed by atoms with van der Waals surface area (Å²) in [5.41, 5.74) is 3.49. The third-order valence-corrected chi connectivity index (χ3v) is 20.9. The second kappa shape index (κ2) is 10.5. The summed E-state index contributed by atoms with van der Waals surface area (Å²) in [4.78, 5) is 0. The van der Waals surface area contributed by atoms with Gasteiger partial charge >= 0.3 is 0 Å². The van der Waals surface area contributed by atoms with Crippen LogP contribution in [0, 0.1) is 29.6 Å². The quantitative estimate of drug-likeness (QED) is 0.250. The summed E-state index contributed by atoms with van der Waals surface area (Å²) in [6.07, 6.45) is 5.61. The van der Waals surface area contributed by atoms with Gasteiger partial charge in [-0.2, -0.15) is 0 Å². The van der Waals surface area contributed by atoms with Crippen LogP contribution in [0.1, 0.15) is 53.4 Å². The summed E-state index contributed by atoms with van der Waals surface area (Å²) in [5.74, 6) is 4.43. The van der Waals surface area contributed by atoms with Crippen molar-refractivity contribution in [1.82, 2.24) is 0 Å². The molecule has 0 aromatic heterocycles. The standard InChI is InChI=1S/C33H50Si2/c1-24(23-35(8,30-15-11-9-12-16-30)31-17-13-10-14-18-31)21-29-19-20-32(22-29)34(6,7)33-27(4)25(2)26(3)28(33)5/h9-18,25-29,32-33H,1,19-23H2,2-8H3. The molecule has 2 fully saturated rings. The van der Waals surface area contributed by atoms with Crippen molar-refractivity contribution >= 4 is 26.5 Å².